The number of imidazole rings is 1. The third-order valence-corrected chi connectivity index (χ3v) is 10.1. The van der Waals surface area contributed by atoms with Crippen LogP contribution >= 0.6 is 15.2 Å². The fourth-order valence-corrected chi connectivity index (χ4v) is 7.19. The first-order valence-corrected chi connectivity index (χ1v) is 16.0. The van der Waals surface area contributed by atoms with Gasteiger partial charge in [0.2, 0.25) is 11.7 Å². The number of aliphatic hydroxyl groups is 3. The summed E-state index contributed by atoms with van der Waals surface area (Å²) >= 11 is 0. The zero-order chi connectivity index (χ0) is 28.7. The maximum absolute atomic E-state index is 12.0. The number of benzene rings is 1. The summed E-state index contributed by atoms with van der Waals surface area (Å²) < 4.78 is 34.8. The molecular weight excluding hydrogens is 570 g/mol. The summed E-state index contributed by atoms with van der Waals surface area (Å²) in [6, 6.07) is 9.62. The molecule has 0 bridgehead atoms. The van der Waals surface area contributed by atoms with Crippen molar-refractivity contribution >= 4 is 38.1 Å². The summed E-state index contributed by atoms with van der Waals surface area (Å²) in [6.07, 6.45) is -1.99. The first-order valence-electron chi connectivity index (χ1n) is 12.4. The molecule has 3 aromatic rings. The van der Waals surface area contributed by atoms with Gasteiger partial charge in [0.25, 0.3) is 0 Å². The molecule has 0 amide bonds. The van der Waals surface area contributed by atoms with Crippen LogP contribution in [-0.4, -0.2) is 93.1 Å². The predicted octanol–water partition coefficient (Wildman–Crippen LogP) is 0.315. The summed E-state index contributed by atoms with van der Waals surface area (Å²) in [6.45, 7) is 0.963. The zero-order valence-electron chi connectivity index (χ0n) is 21.1. The van der Waals surface area contributed by atoms with Gasteiger partial charge in [-0.25, -0.2) is 4.98 Å². The molecule has 0 spiro atoms. The van der Waals surface area contributed by atoms with Crippen molar-refractivity contribution in [2.24, 2.45) is 0 Å². The minimum absolute atomic E-state index is 0.225. The van der Waals surface area contributed by atoms with Crippen molar-refractivity contribution in [3.8, 4) is 0 Å². The van der Waals surface area contributed by atoms with E-state index in [0.29, 0.717) is 23.8 Å². The van der Waals surface area contributed by atoms with Gasteiger partial charge >= 0.3 is 15.2 Å². The van der Waals surface area contributed by atoms with Gasteiger partial charge in [0, 0.05) is 19.6 Å². The lowest BCUT2D eigenvalue weighted by Crippen LogP contribution is -2.49. The van der Waals surface area contributed by atoms with Gasteiger partial charge in [0.15, 0.2) is 35.2 Å². The van der Waals surface area contributed by atoms with Gasteiger partial charge in [0.05, 0.1) is 12.9 Å². The Bertz CT molecular complexity index is 1440. The van der Waals surface area contributed by atoms with E-state index >= 15 is 0 Å². The highest BCUT2D eigenvalue weighted by Crippen LogP contribution is 2.55. The van der Waals surface area contributed by atoms with E-state index in [9.17, 15) is 29.3 Å². The van der Waals surface area contributed by atoms with Crippen LogP contribution in [0.25, 0.3) is 11.2 Å². The lowest BCUT2D eigenvalue weighted by Gasteiger charge is -2.25. The Labute approximate surface area is 227 Å². The molecule has 0 aliphatic carbocycles. The number of aliphatic hydroxyl groups excluding tert-OH is 1. The Kier molecular flexibility index (Phi) is 8.03. The molecule has 16 nitrogen and oxygen atoms in total. The minimum Gasteiger partial charge on any atom is -0.383 e. The minimum atomic E-state index is -4.91. The van der Waals surface area contributed by atoms with Gasteiger partial charge in [-0.05, 0) is 18.4 Å². The molecule has 2 aliphatic heterocycles. The second kappa shape index (κ2) is 11.1. The lowest BCUT2D eigenvalue weighted by atomic mass is 10.1. The molecule has 4 atom stereocenters. The van der Waals surface area contributed by atoms with Crippen LogP contribution in [-0.2, 0) is 24.9 Å². The van der Waals surface area contributed by atoms with E-state index in [4.69, 9.17) is 19.0 Å². The third kappa shape index (κ3) is 6.21. The van der Waals surface area contributed by atoms with Crippen molar-refractivity contribution in [1.29, 1.82) is 0 Å². The topological polar surface area (TPSA) is 233 Å². The fraction of sp³-hybridized carbons (Fsp3) is 0.500. The Hall–Kier alpha value is -2.49. The highest BCUT2D eigenvalue weighted by molar-refractivity contribution is 7.70. The quantitative estimate of drug-likeness (QED) is 0.123. The van der Waals surface area contributed by atoms with E-state index in [1.54, 1.807) is 0 Å². The molecule has 5 rings (SSSR count). The number of hydrogen-bond donors (Lipinski definition) is 7. The standard InChI is InChI=1S/C22H30N6O10P2/c29-17-20(38-15(22(17,30)31)11-37-40(35,36)13-39(32,33)34)28-12-24-16-18(23-10-14-6-2-1-3-7-14)25-21(26-19(16)28)27-8-4-5-9-27/h1-3,6-7,12,15,17,20,29-31H,4-5,8-11,13H2,(H,35,36)(H,23,25,26)(H2,32,33,34)/t15-,17+,20-/m1/s1. The largest absolute Gasteiger partial charge is 0.383 e. The third-order valence-electron chi connectivity index (χ3n) is 6.65. The van der Waals surface area contributed by atoms with Crippen LogP contribution in [0.3, 0.4) is 0 Å². The van der Waals surface area contributed by atoms with Crippen molar-refractivity contribution in [3.63, 3.8) is 0 Å². The Balaban J connectivity index is 1.44. The molecule has 2 aliphatic rings. The van der Waals surface area contributed by atoms with Gasteiger partial charge in [-0.2, -0.15) is 9.97 Å². The number of nitrogens with zero attached hydrogens (tertiary/aromatic N) is 5. The molecule has 7 N–H and O–H groups in total. The number of fused-ring (bicyclic) bond motifs is 1. The van der Waals surface area contributed by atoms with Crippen molar-refractivity contribution in [1.82, 2.24) is 19.5 Å². The van der Waals surface area contributed by atoms with E-state index in [1.165, 1.54) is 10.9 Å². The first-order chi connectivity index (χ1) is 18.8. The maximum atomic E-state index is 12.0. The van der Waals surface area contributed by atoms with Crippen LogP contribution in [0, 0.1) is 0 Å². The van der Waals surface area contributed by atoms with E-state index < -0.39 is 51.9 Å². The summed E-state index contributed by atoms with van der Waals surface area (Å²) in [7, 11) is -9.73. The van der Waals surface area contributed by atoms with Crippen LogP contribution < -0.4 is 10.2 Å². The van der Waals surface area contributed by atoms with E-state index in [0.717, 1.165) is 31.5 Å². The molecule has 2 saturated heterocycles. The number of hydrogen-bond acceptors (Lipinski definition) is 12. The Morgan fingerprint density at radius 3 is 2.48 bits per heavy atom. The molecular formula is C22H30N6O10P2. The molecule has 2 aromatic heterocycles. The molecule has 1 aromatic carbocycles. The van der Waals surface area contributed by atoms with E-state index in [2.05, 4.69) is 20.3 Å². The monoisotopic (exact) mass is 600 g/mol. The van der Waals surface area contributed by atoms with Crippen molar-refractivity contribution in [2.45, 2.75) is 43.6 Å². The second-order valence-electron chi connectivity index (χ2n) is 9.71. The van der Waals surface area contributed by atoms with Crippen LogP contribution in [0.2, 0.25) is 0 Å². The first kappa shape index (κ1) is 29.0. The van der Waals surface area contributed by atoms with Crippen molar-refractivity contribution in [2.75, 3.05) is 35.8 Å². The molecule has 2 fully saturated rings. The fourth-order valence-electron chi connectivity index (χ4n) is 4.64. The van der Waals surface area contributed by atoms with Crippen molar-refractivity contribution < 1.29 is 48.4 Å². The van der Waals surface area contributed by atoms with Crippen LogP contribution in [0.5, 0.6) is 0 Å². The van der Waals surface area contributed by atoms with Crippen LogP contribution in [0.4, 0.5) is 11.8 Å². The summed E-state index contributed by atoms with van der Waals surface area (Å²) in [5.41, 5.74) is 1.56. The van der Waals surface area contributed by atoms with Crippen molar-refractivity contribution in [3.05, 3.63) is 42.2 Å². The summed E-state index contributed by atoms with van der Waals surface area (Å²) in [5.74, 6) is -3.60. The average molecular weight is 600 g/mol. The number of ether oxygens (including phenoxy) is 1. The van der Waals surface area contributed by atoms with Crippen LogP contribution in [0.1, 0.15) is 24.6 Å². The highest BCUT2D eigenvalue weighted by atomic mass is 31.2. The summed E-state index contributed by atoms with van der Waals surface area (Å²) in [4.78, 5) is 43.4. The molecule has 18 heteroatoms. The molecule has 40 heavy (non-hydrogen) atoms. The average Bonchev–Trinajstić information content (AvgIpc) is 3.60. The second-order valence-corrected chi connectivity index (χ2v) is 13.7. The van der Waals surface area contributed by atoms with Gasteiger partial charge in [0.1, 0.15) is 6.10 Å². The number of nitrogens with one attached hydrogen (secondary N) is 1. The van der Waals surface area contributed by atoms with E-state index in [-0.39, 0.29) is 5.65 Å². The SMILES string of the molecule is O=P(O)(O)CP(=O)(O)OC[C@H]1O[C@@H](n2cnc3c(NCc4ccccc4)nc(N4CCCC4)nc32)[C@H](O)C1(O)O. The van der Waals surface area contributed by atoms with Gasteiger partial charge in [-0.1, -0.05) is 30.3 Å². The lowest BCUT2D eigenvalue weighted by molar-refractivity contribution is -0.234. The summed E-state index contributed by atoms with van der Waals surface area (Å²) in [5, 5.41) is 35.2. The smallest absolute Gasteiger partial charge is 0.340 e. The van der Waals surface area contributed by atoms with Crippen LogP contribution in [0.15, 0.2) is 36.7 Å². The Morgan fingerprint density at radius 2 is 1.80 bits per heavy atom. The van der Waals surface area contributed by atoms with Gasteiger partial charge in [-0.3, -0.25) is 13.7 Å². The number of aromatic nitrogens is 4. The number of rotatable bonds is 10. The van der Waals surface area contributed by atoms with Gasteiger partial charge < -0.3 is 49.5 Å². The van der Waals surface area contributed by atoms with E-state index in [1.807, 2.05) is 35.2 Å². The highest BCUT2D eigenvalue weighted by Gasteiger charge is 2.56. The molecule has 218 valence electrons. The normalized spacial score (nSPS) is 24.4. The predicted molar refractivity (Wildman–Crippen MR) is 140 cm³/mol. The molecule has 1 unspecified atom stereocenters. The van der Waals surface area contributed by atoms with Gasteiger partial charge in [-0.15, -0.1) is 0 Å². The molecule has 0 radical (unpaired) electrons. The maximum Gasteiger partial charge on any atom is 0.340 e. The molecule has 0 saturated carbocycles. The Morgan fingerprint density at radius 1 is 1.10 bits per heavy atom. The molecule has 4 heterocycles. The zero-order valence-corrected chi connectivity index (χ0v) is 22.9. The number of anilines is 2.